The van der Waals surface area contributed by atoms with E-state index in [1.807, 2.05) is 6.92 Å². The first-order valence-corrected chi connectivity index (χ1v) is 6.57. The number of carbonyl (C=O) groups excluding carboxylic acids is 1. The van der Waals surface area contributed by atoms with Crippen LogP contribution in [0.25, 0.3) is 0 Å². The van der Waals surface area contributed by atoms with Crippen molar-refractivity contribution in [2.24, 2.45) is 0 Å². The molecule has 0 atom stereocenters. The number of amides is 1. The van der Waals surface area contributed by atoms with E-state index in [0.717, 1.165) is 0 Å². The van der Waals surface area contributed by atoms with E-state index in [0.29, 0.717) is 17.9 Å². The minimum absolute atomic E-state index is 0.0873. The summed E-state index contributed by atoms with van der Waals surface area (Å²) >= 11 is 11.7. The Bertz CT molecular complexity index is 597. The van der Waals surface area contributed by atoms with E-state index in [1.165, 1.54) is 6.33 Å². The fourth-order valence-corrected chi connectivity index (χ4v) is 1.91. The zero-order valence-corrected chi connectivity index (χ0v) is 12.1. The van der Waals surface area contributed by atoms with E-state index in [1.54, 1.807) is 24.3 Å². The predicted molar refractivity (Wildman–Crippen MR) is 77.6 cm³/mol. The highest BCUT2D eigenvalue weighted by Crippen LogP contribution is 2.26. The Labute approximate surface area is 125 Å². The number of anilines is 1. The molecule has 20 heavy (non-hydrogen) atoms. The molecule has 7 heteroatoms. The molecule has 0 spiro atoms. The van der Waals surface area contributed by atoms with Crippen molar-refractivity contribution in [3.63, 3.8) is 0 Å². The Morgan fingerprint density at radius 1 is 1.20 bits per heavy atom. The van der Waals surface area contributed by atoms with E-state index in [-0.39, 0.29) is 21.9 Å². The minimum Gasteiger partial charge on any atom is -0.494 e. The van der Waals surface area contributed by atoms with Crippen molar-refractivity contribution < 1.29 is 9.53 Å². The fourth-order valence-electron chi connectivity index (χ4n) is 1.50. The van der Waals surface area contributed by atoms with Crippen LogP contribution in [-0.4, -0.2) is 22.5 Å². The second-order valence-electron chi connectivity index (χ2n) is 3.74. The molecule has 0 bridgehead atoms. The van der Waals surface area contributed by atoms with Crippen LogP contribution in [0.3, 0.4) is 0 Å². The molecule has 1 aromatic heterocycles. The van der Waals surface area contributed by atoms with Gasteiger partial charge in [-0.05, 0) is 31.2 Å². The van der Waals surface area contributed by atoms with Crippen molar-refractivity contribution in [1.29, 1.82) is 0 Å². The normalized spacial score (nSPS) is 10.2. The number of rotatable bonds is 4. The van der Waals surface area contributed by atoms with Crippen LogP contribution in [0.5, 0.6) is 5.75 Å². The van der Waals surface area contributed by atoms with Crippen molar-refractivity contribution in [3.05, 3.63) is 46.5 Å². The Morgan fingerprint density at radius 3 is 2.35 bits per heavy atom. The van der Waals surface area contributed by atoms with Gasteiger partial charge in [0.25, 0.3) is 5.91 Å². The van der Waals surface area contributed by atoms with Gasteiger partial charge < -0.3 is 10.1 Å². The van der Waals surface area contributed by atoms with Crippen molar-refractivity contribution >= 4 is 34.8 Å². The molecule has 2 rings (SSSR count). The van der Waals surface area contributed by atoms with E-state index in [9.17, 15) is 4.79 Å². The van der Waals surface area contributed by atoms with E-state index in [4.69, 9.17) is 27.9 Å². The maximum atomic E-state index is 12.1. The van der Waals surface area contributed by atoms with Gasteiger partial charge in [-0.2, -0.15) is 0 Å². The Kier molecular flexibility index (Phi) is 4.76. The number of hydrogen-bond donors (Lipinski definition) is 1. The van der Waals surface area contributed by atoms with Gasteiger partial charge in [-0.25, -0.2) is 9.97 Å². The number of aromatic nitrogens is 2. The molecule has 1 aromatic carbocycles. The number of ether oxygens (including phenoxy) is 1. The maximum Gasteiger partial charge on any atom is 0.255 e. The van der Waals surface area contributed by atoms with Gasteiger partial charge in [-0.1, -0.05) is 23.2 Å². The van der Waals surface area contributed by atoms with Crippen LogP contribution in [0.15, 0.2) is 30.6 Å². The van der Waals surface area contributed by atoms with Gasteiger partial charge in [0.05, 0.1) is 6.61 Å². The molecule has 1 amide bonds. The molecule has 0 aliphatic rings. The third kappa shape index (κ3) is 3.37. The number of carbonyl (C=O) groups is 1. The molecule has 1 heterocycles. The predicted octanol–water partition coefficient (Wildman–Crippen LogP) is 3.43. The zero-order chi connectivity index (χ0) is 14.5. The Balaban J connectivity index is 2.16. The summed E-state index contributed by atoms with van der Waals surface area (Å²) in [5.41, 5.74) is 0.638. The number of benzene rings is 1. The molecule has 0 saturated carbocycles. The molecule has 2 aromatic rings. The number of hydrogen-bond acceptors (Lipinski definition) is 4. The third-order valence-corrected chi connectivity index (χ3v) is 2.99. The number of nitrogens with zero attached hydrogens (tertiary/aromatic N) is 2. The molecule has 0 unspecified atom stereocenters. The van der Waals surface area contributed by atoms with Gasteiger partial charge in [-0.15, -0.1) is 0 Å². The average molecular weight is 312 g/mol. The topological polar surface area (TPSA) is 64.1 Å². The molecule has 104 valence electrons. The van der Waals surface area contributed by atoms with Gasteiger partial charge in [0.15, 0.2) is 10.3 Å². The second kappa shape index (κ2) is 6.54. The molecule has 0 radical (unpaired) electrons. The highest BCUT2D eigenvalue weighted by atomic mass is 35.5. The van der Waals surface area contributed by atoms with Crippen LogP contribution < -0.4 is 10.1 Å². The lowest BCUT2D eigenvalue weighted by Gasteiger charge is -2.08. The van der Waals surface area contributed by atoms with Crippen LogP contribution in [-0.2, 0) is 0 Å². The van der Waals surface area contributed by atoms with E-state index in [2.05, 4.69) is 15.3 Å². The summed E-state index contributed by atoms with van der Waals surface area (Å²) in [4.78, 5) is 19.6. The van der Waals surface area contributed by atoms with Crippen LogP contribution in [0.2, 0.25) is 10.3 Å². The maximum absolute atomic E-state index is 12.1. The SMILES string of the molecule is CCOc1ccc(C(=O)Nc2c(Cl)ncnc2Cl)cc1. The lowest BCUT2D eigenvalue weighted by atomic mass is 10.2. The van der Waals surface area contributed by atoms with E-state index >= 15 is 0 Å². The summed E-state index contributed by atoms with van der Waals surface area (Å²) in [6, 6.07) is 6.71. The first kappa shape index (κ1) is 14.6. The Morgan fingerprint density at radius 2 is 1.80 bits per heavy atom. The largest absolute Gasteiger partial charge is 0.494 e. The van der Waals surface area contributed by atoms with Gasteiger partial charge in [0, 0.05) is 5.56 Å². The van der Waals surface area contributed by atoms with Crippen LogP contribution >= 0.6 is 23.2 Å². The van der Waals surface area contributed by atoms with Crippen molar-refractivity contribution in [2.75, 3.05) is 11.9 Å². The minimum atomic E-state index is -0.355. The van der Waals surface area contributed by atoms with Crippen LogP contribution in [0.1, 0.15) is 17.3 Å². The average Bonchev–Trinajstić information content (AvgIpc) is 2.44. The summed E-state index contributed by atoms with van der Waals surface area (Å²) in [5.74, 6) is 0.342. The van der Waals surface area contributed by atoms with Crippen LogP contribution in [0, 0.1) is 0 Å². The monoisotopic (exact) mass is 311 g/mol. The lowest BCUT2D eigenvalue weighted by Crippen LogP contribution is -2.13. The summed E-state index contributed by atoms with van der Waals surface area (Å²) in [6.07, 6.45) is 1.22. The molecular weight excluding hydrogens is 301 g/mol. The van der Waals surface area contributed by atoms with Gasteiger partial charge >= 0.3 is 0 Å². The highest BCUT2D eigenvalue weighted by molar-refractivity contribution is 6.38. The smallest absolute Gasteiger partial charge is 0.255 e. The molecule has 0 saturated heterocycles. The fraction of sp³-hybridized carbons (Fsp3) is 0.154. The van der Waals surface area contributed by atoms with Gasteiger partial charge in [0.2, 0.25) is 0 Å². The first-order chi connectivity index (χ1) is 9.61. The summed E-state index contributed by atoms with van der Waals surface area (Å²) in [5, 5.41) is 2.75. The number of halogens is 2. The molecular formula is C13H11Cl2N3O2. The quantitative estimate of drug-likeness (QED) is 0.879. The lowest BCUT2D eigenvalue weighted by molar-refractivity contribution is 0.102. The molecule has 0 aliphatic carbocycles. The Hall–Kier alpha value is -1.85. The van der Waals surface area contributed by atoms with E-state index < -0.39 is 0 Å². The summed E-state index contributed by atoms with van der Waals surface area (Å²) in [7, 11) is 0. The molecule has 0 aliphatic heterocycles. The van der Waals surface area contributed by atoms with Crippen molar-refractivity contribution in [2.45, 2.75) is 6.92 Å². The van der Waals surface area contributed by atoms with Crippen LogP contribution in [0.4, 0.5) is 5.69 Å². The third-order valence-electron chi connectivity index (χ3n) is 2.42. The summed E-state index contributed by atoms with van der Waals surface area (Å²) in [6.45, 7) is 2.46. The van der Waals surface area contributed by atoms with Crippen molar-refractivity contribution in [1.82, 2.24) is 9.97 Å². The second-order valence-corrected chi connectivity index (χ2v) is 4.46. The van der Waals surface area contributed by atoms with Gasteiger partial charge in [-0.3, -0.25) is 4.79 Å². The molecule has 5 nitrogen and oxygen atoms in total. The number of nitrogens with one attached hydrogen (secondary N) is 1. The zero-order valence-electron chi connectivity index (χ0n) is 10.6. The van der Waals surface area contributed by atoms with Crippen molar-refractivity contribution in [3.8, 4) is 5.75 Å². The standard InChI is InChI=1S/C13H11Cl2N3O2/c1-2-20-9-5-3-8(4-6-9)13(19)18-10-11(14)16-7-17-12(10)15/h3-7H,2H2,1H3,(H,18,19). The molecule has 1 N–H and O–H groups in total. The molecule has 0 fully saturated rings. The first-order valence-electron chi connectivity index (χ1n) is 5.82. The van der Waals surface area contributed by atoms with Gasteiger partial charge in [0.1, 0.15) is 17.8 Å². The highest BCUT2D eigenvalue weighted by Gasteiger charge is 2.13. The summed E-state index contributed by atoms with van der Waals surface area (Å²) < 4.78 is 5.30.